The van der Waals surface area contributed by atoms with E-state index in [9.17, 15) is 0 Å². The van der Waals surface area contributed by atoms with Crippen molar-refractivity contribution in [3.05, 3.63) is 461 Å². The molecule has 0 aromatic heterocycles. The predicted molar refractivity (Wildman–Crippen MR) is 485 cm³/mol. The van der Waals surface area contributed by atoms with Crippen LogP contribution in [-0.4, -0.2) is 16.1 Å². The SMILES string of the molecule is C[Si](C)(c1ccccc1)c1ccc(N(c2ccc(-c3ccccc3)cc2)c2ccc(-c3ccc(-c4ccc(N(c5ccccc5)c5ccccc5)cc4)cc3)cc2)cc1.C[Si](C)(c1ccccc1)c1ccc(N(c2ccccc2)c2ccc(-c3ccc(-c4ccc(N(c5ccccc5)c5ccccc5)cc4)cc3)cc2)cc1. The number of anilines is 12. The van der Waals surface area contributed by atoms with Crippen molar-refractivity contribution in [2.75, 3.05) is 19.6 Å². The van der Waals surface area contributed by atoms with Gasteiger partial charge in [-0.15, -0.1) is 0 Å². The van der Waals surface area contributed by atoms with E-state index in [1.165, 1.54) is 76.4 Å². The van der Waals surface area contributed by atoms with Crippen LogP contribution in [0.5, 0.6) is 0 Å². The van der Waals surface area contributed by atoms with Crippen LogP contribution in [0.3, 0.4) is 0 Å². The second-order valence-corrected chi connectivity index (χ2v) is 38.2. The van der Waals surface area contributed by atoms with Gasteiger partial charge in [0.2, 0.25) is 0 Å². The summed E-state index contributed by atoms with van der Waals surface area (Å²) in [6, 6.07) is 166. The van der Waals surface area contributed by atoms with Crippen LogP contribution in [-0.2, 0) is 0 Å². The minimum atomic E-state index is -1.84. The third-order valence-corrected chi connectivity index (χ3v) is 28.7. The first-order valence-electron chi connectivity index (χ1n) is 38.6. The Bertz CT molecular complexity index is 5730. The Morgan fingerprint density at radius 3 is 0.411 bits per heavy atom. The molecule has 17 aromatic carbocycles. The maximum absolute atomic E-state index is 2.44. The molecule has 0 radical (unpaired) electrons. The van der Waals surface area contributed by atoms with Crippen LogP contribution in [0.2, 0.25) is 26.2 Å². The minimum absolute atomic E-state index is 1.12. The Labute approximate surface area is 663 Å². The number of hydrogen-bond donors (Lipinski definition) is 0. The fourth-order valence-electron chi connectivity index (χ4n) is 15.1. The van der Waals surface area contributed by atoms with Gasteiger partial charge in [-0.2, -0.15) is 0 Å². The van der Waals surface area contributed by atoms with Gasteiger partial charge in [0.15, 0.2) is 0 Å². The summed E-state index contributed by atoms with van der Waals surface area (Å²) in [6.07, 6.45) is 0. The largest absolute Gasteiger partial charge is 0.311 e. The lowest BCUT2D eigenvalue weighted by molar-refractivity contribution is 1.28. The fourth-order valence-corrected chi connectivity index (χ4v) is 19.8. The van der Waals surface area contributed by atoms with Gasteiger partial charge in [0, 0.05) is 68.2 Å². The van der Waals surface area contributed by atoms with Crippen LogP contribution in [0.25, 0.3) is 55.6 Å². The van der Waals surface area contributed by atoms with Crippen molar-refractivity contribution < 1.29 is 0 Å². The molecule has 540 valence electrons. The highest BCUT2D eigenvalue weighted by atomic mass is 28.3. The van der Waals surface area contributed by atoms with Crippen molar-refractivity contribution in [3.8, 4) is 55.6 Å². The number of nitrogens with zero attached hydrogens (tertiary/aromatic N) is 4. The van der Waals surface area contributed by atoms with Gasteiger partial charge in [0.25, 0.3) is 0 Å². The molecule has 0 aliphatic heterocycles. The molecule has 0 aliphatic carbocycles. The molecule has 0 bridgehead atoms. The summed E-state index contributed by atoms with van der Waals surface area (Å²) >= 11 is 0. The van der Waals surface area contributed by atoms with E-state index in [4.69, 9.17) is 0 Å². The lowest BCUT2D eigenvalue weighted by atomic mass is 9.99. The highest BCUT2D eigenvalue weighted by molar-refractivity contribution is 7.01. The quantitative estimate of drug-likeness (QED) is 0.0665. The minimum Gasteiger partial charge on any atom is -0.311 e. The molecule has 17 aromatic rings. The molecular formula is C106H88N4Si2. The summed E-state index contributed by atoms with van der Waals surface area (Å²) in [5.41, 5.74) is 25.5. The van der Waals surface area contributed by atoms with Crippen molar-refractivity contribution in [1.82, 2.24) is 0 Å². The van der Waals surface area contributed by atoms with Crippen molar-refractivity contribution in [1.29, 1.82) is 0 Å². The zero-order valence-electron chi connectivity index (χ0n) is 63.7. The van der Waals surface area contributed by atoms with Gasteiger partial charge >= 0.3 is 0 Å². The van der Waals surface area contributed by atoms with Crippen molar-refractivity contribution in [2.45, 2.75) is 26.2 Å². The zero-order chi connectivity index (χ0) is 76.1. The van der Waals surface area contributed by atoms with Gasteiger partial charge in [0.1, 0.15) is 16.1 Å². The van der Waals surface area contributed by atoms with Crippen molar-refractivity contribution in [3.63, 3.8) is 0 Å². The average molecular weight is 1470 g/mol. The lowest BCUT2D eigenvalue weighted by Gasteiger charge is -2.28. The van der Waals surface area contributed by atoms with Gasteiger partial charge in [-0.05, 0) is 201 Å². The molecule has 17 rings (SSSR count). The van der Waals surface area contributed by atoms with Gasteiger partial charge in [-0.1, -0.05) is 362 Å². The van der Waals surface area contributed by atoms with Crippen LogP contribution < -0.4 is 40.3 Å². The molecule has 112 heavy (non-hydrogen) atoms. The highest BCUT2D eigenvalue weighted by Gasteiger charge is 2.28. The first kappa shape index (κ1) is 72.6. The first-order valence-corrected chi connectivity index (χ1v) is 44.6. The molecule has 0 unspecified atom stereocenters. The normalized spacial score (nSPS) is 11.2. The second-order valence-electron chi connectivity index (χ2n) is 29.4. The molecule has 0 atom stereocenters. The van der Waals surface area contributed by atoms with Crippen molar-refractivity contribution in [2.24, 2.45) is 0 Å². The van der Waals surface area contributed by atoms with E-state index >= 15 is 0 Å². The number of para-hydroxylation sites is 5. The van der Waals surface area contributed by atoms with E-state index in [2.05, 4.69) is 507 Å². The molecule has 0 fully saturated rings. The maximum atomic E-state index is 2.44. The van der Waals surface area contributed by atoms with Gasteiger partial charge < -0.3 is 19.6 Å². The Hall–Kier alpha value is -13.6. The Morgan fingerprint density at radius 1 is 0.116 bits per heavy atom. The standard InChI is InChI=1S/C56H46N2Si.C50H42N2Si/c1-59(2,55-21-13-6-14-22-55)56-41-39-54(40-42-56)58(52-33-27-46(28-34-52)43-15-7-3-8-16-43)53-37-31-48(32-38-53)45-25-23-44(24-26-45)47-29-35-51(36-30-47)57(49-17-9-4-10-18-49)50-19-11-5-12-20-50;1-53(2,49-21-13-6-14-22-49)50-37-35-48(36-38-50)52(45-19-11-5-12-20-45)47-33-29-42(30-34-47)40-25-23-39(24-26-40)41-27-31-46(32-28-41)51(43-15-7-3-8-16-43)44-17-9-4-10-18-44/h3-42H,1-2H3;3-38H,1-2H3. The van der Waals surface area contributed by atoms with Gasteiger partial charge in [-0.25, -0.2) is 0 Å². The highest BCUT2D eigenvalue weighted by Crippen LogP contribution is 2.42. The molecule has 0 N–H and O–H groups in total. The molecule has 0 heterocycles. The Balaban J connectivity index is 0.000000170. The molecule has 0 amide bonds. The van der Waals surface area contributed by atoms with Crippen LogP contribution in [0.4, 0.5) is 68.2 Å². The molecule has 6 heteroatoms. The number of benzene rings is 17. The third-order valence-electron chi connectivity index (χ3n) is 21.6. The summed E-state index contributed by atoms with van der Waals surface area (Å²) in [6.45, 7) is 9.73. The van der Waals surface area contributed by atoms with E-state index in [1.807, 2.05) is 0 Å². The van der Waals surface area contributed by atoms with E-state index < -0.39 is 16.1 Å². The molecular weight excluding hydrogens is 1390 g/mol. The average Bonchev–Trinajstić information content (AvgIpc) is 0.794. The maximum Gasteiger partial charge on any atom is 0.112 e. The monoisotopic (exact) mass is 1470 g/mol. The topological polar surface area (TPSA) is 13.0 Å². The van der Waals surface area contributed by atoms with Gasteiger partial charge in [0.05, 0.1) is 0 Å². The number of rotatable bonds is 21. The van der Waals surface area contributed by atoms with Crippen LogP contribution in [0.15, 0.2) is 461 Å². The molecule has 4 nitrogen and oxygen atoms in total. The third kappa shape index (κ3) is 16.2. The fraction of sp³-hybridized carbons (Fsp3) is 0.0377. The summed E-state index contributed by atoms with van der Waals surface area (Å²) in [7, 11) is -3.64. The van der Waals surface area contributed by atoms with Crippen LogP contribution >= 0.6 is 0 Å². The van der Waals surface area contributed by atoms with E-state index in [0.29, 0.717) is 0 Å². The van der Waals surface area contributed by atoms with E-state index in [-0.39, 0.29) is 0 Å². The molecule has 0 saturated heterocycles. The predicted octanol–water partition coefficient (Wildman–Crippen LogP) is 27.2. The van der Waals surface area contributed by atoms with Crippen LogP contribution in [0, 0.1) is 0 Å². The second kappa shape index (κ2) is 33.5. The molecule has 0 saturated carbocycles. The Kier molecular flexibility index (Phi) is 21.7. The van der Waals surface area contributed by atoms with Crippen LogP contribution in [0.1, 0.15) is 0 Å². The summed E-state index contributed by atoms with van der Waals surface area (Å²) in [5.74, 6) is 0. The first-order chi connectivity index (χ1) is 55.1. The summed E-state index contributed by atoms with van der Waals surface area (Å²) in [4.78, 5) is 9.29. The zero-order valence-corrected chi connectivity index (χ0v) is 65.7. The summed E-state index contributed by atoms with van der Waals surface area (Å²) in [5, 5.41) is 5.74. The van der Waals surface area contributed by atoms with Crippen molar-refractivity contribution >= 4 is 105 Å². The number of hydrogen-bond acceptors (Lipinski definition) is 4. The Morgan fingerprint density at radius 2 is 0.232 bits per heavy atom. The smallest absolute Gasteiger partial charge is 0.112 e. The van der Waals surface area contributed by atoms with E-state index in [0.717, 1.165) is 68.2 Å². The van der Waals surface area contributed by atoms with E-state index in [1.54, 1.807) is 0 Å². The lowest BCUT2D eigenvalue weighted by Crippen LogP contribution is -2.52. The molecule has 0 aliphatic rings. The molecule has 0 spiro atoms. The summed E-state index contributed by atoms with van der Waals surface area (Å²) < 4.78 is 0. The van der Waals surface area contributed by atoms with Gasteiger partial charge in [-0.3, -0.25) is 0 Å².